The molecule has 2 aromatic rings. The second kappa shape index (κ2) is 7.53. The van der Waals surface area contributed by atoms with E-state index >= 15 is 0 Å². The zero-order valence-electron chi connectivity index (χ0n) is 20.4. The molecule has 5 rings (SSSR count). The monoisotopic (exact) mass is 442 g/mol. The molecule has 0 unspecified atom stereocenters. The first-order valence-corrected chi connectivity index (χ1v) is 10.9. The Morgan fingerprint density at radius 1 is 1.16 bits per heavy atom. The molecule has 7 heteroatoms. The molecule has 3 heterocycles. The van der Waals surface area contributed by atoms with Crippen LogP contribution in [0.2, 0.25) is 5.02 Å². The molecular formula is C24H26ClN3O3. The van der Waals surface area contributed by atoms with Crippen molar-refractivity contribution in [3.05, 3.63) is 58.1 Å². The Morgan fingerprint density at radius 2 is 1.97 bits per heavy atom. The maximum Gasteiger partial charge on any atom is 0.254 e. The number of piperidine rings is 1. The number of ether oxygens (including phenoxy) is 1. The summed E-state index contributed by atoms with van der Waals surface area (Å²) in [4.78, 5) is 30.3. The third-order valence-electron chi connectivity index (χ3n) is 6.77. The van der Waals surface area contributed by atoms with Crippen LogP contribution in [0.25, 0.3) is 0 Å². The number of carbonyl (C=O) groups excluding carboxylic acids is 2. The fourth-order valence-electron chi connectivity index (χ4n) is 4.99. The van der Waals surface area contributed by atoms with E-state index in [1.165, 1.54) is 0 Å². The Bertz CT molecular complexity index is 1160. The number of nitrogens with zero attached hydrogens (tertiary/aromatic N) is 3. The summed E-state index contributed by atoms with van der Waals surface area (Å²) in [7, 11) is 1.78. The molecule has 3 aliphatic heterocycles. The molecule has 162 valence electrons. The molecule has 0 aromatic heterocycles. The van der Waals surface area contributed by atoms with Crippen molar-refractivity contribution in [3.63, 3.8) is 0 Å². The van der Waals surface area contributed by atoms with E-state index in [2.05, 4.69) is 4.90 Å². The zero-order valence-corrected chi connectivity index (χ0v) is 18.1. The number of likely N-dealkylation sites (N-methyl/N-ethyl adjacent to an activating group) is 1. The molecule has 3 aliphatic rings. The number of anilines is 1. The molecule has 1 saturated heterocycles. The van der Waals surface area contributed by atoms with Gasteiger partial charge in [0.05, 0.1) is 5.41 Å². The van der Waals surface area contributed by atoms with Gasteiger partial charge in [0, 0.05) is 47.5 Å². The van der Waals surface area contributed by atoms with Gasteiger partial charge in [-0.1, -0.05) is 11.6 Å². The summed E-state index contributed by atoms with van der Waals surface area (Å²) >= 11 is 6.22. The molecule has 31 heavy (non-hydrogen) atoms. The van der Waals surface area contributed by atoms with Crippen molar-refractivity contribution in [2.24, 2.45) is 0 Å². The number of halogens is 1. The van der Waals surface area contributed by atoms with Crippen LogP contribution < -0.4 is 9.64 Å². The van der Waals surface area contributed by atoms with Gasteiger partial charge in [0.25, 0.3) is 5.91 Å². The van der Waals surface area contributed by atoms with Crippen molar-refractivity contribution in [2.75, 3.05) is 45.2 Å². The molecule has 6 nitrogen and oxygen atoms in total. The standard InChI is InChI=1S/C24H26ClN3O3/c1-26-15-16-13-18(4-5-19(16)22(26)29)31-12-11-28-9-7-24(8-10-28)20-14-17(25)3-6-21(20)27(2)23(24)30/h3-6,13-14H,7-12,15H2,1-2H3/i2D3. The molecular weight excluding hydrogens is 414 g/mol. The van der Waals surface area contributed by atoms with Crippen LogP contribution in [-0.4, -0.2) is 61.9 Å². The van der Waals surface area contributed by atoms with Crippen molar-refractivity contribution in [2.45, 2.75) is 24.8 Å². The van der Waals surface area contributed by atoms with Crippen molar-refractivity contribution >= 4 is 29.1 Å². The van der Waals surface area contributed by atoms with Gasteiger partial charge < -0.3 is 14.5 Å². The lowest BCUT2D eigenvalue weighted by atomic mass is 9.73. The fraction of sp³-hybridized carbons (Fsp3) is 0.417. The van der Waals surface area contributed by atoms with Crippen LogP contribution in [0.4, 0.5) is 5.69 Å². The molecule has 1 fully saturated rings. The fourth-order valence-corrected chi connectivity index (χ4v) is 5.16. The summed E-state index contributed by atoms with van der Waals surface area (Å²) < 4.78 is 29.6. The van der Waals surface area contributed by atoms with Gasteiger partial charge in [-0.05, 0) is 73.5 Å². The van der Waals surface area contributed by atoms with Gasteiger partial charge in [-0.25, -0.2) is 0 Å². The summed E-state index contributed by atoms with van der Waals surface area (Å²) in [6.45, 7) is 0.521. The van der Waals surface area contributed by atoms with Gasteiger partial charge in [-0.2, -0.15) is 0 Å². The van der Waals surface area contributed by atoms with Gasteiger partial charge in [-0.3, -0.25) is 14.5 Å². The summed E-state index contributed by atoms with van der Waals surface area (Å²) in [6, 6.07) is 10.6. The Labute approximate surface area is 191 Å². The number of rotatable bonds is 4. The van der Waals surface area contributed by atoms with Gasteiger partial charge in [0.15, 0.2) is 0 Å². The lowest BCUT2D eigenvalue weighted by Crippen LogP contribution is -2.48. The van der Waals surface area contributed by atoms with E-state index < -0.39 is 12.4 Å². The van der Waals surface area contributed by atoms with E-state index in [0.29, 0.717) is 56.3 Å². The number of hydrogen-bond acceptors (Lipinski definition) is 4. The average molecular weight is 443 g/mol. The quantitative estimate of drug-likeness (QED) is 0.729. The minimum atomic E-state index is -2.54. The Hall–Kier alpha value is -2.57. The Morgan fingerprint density at radius 3 is 2.74 bits per heavy atom. The van der Waals surface area contributed by atoms with Crippen molar-refractivity contribution in [1.82, 2.24) is 9.80 Å². The van der Waals surface area contributed by atoms with E-state index in [1.807, 2.05) is 18.2 Å². The number of likely N-dealkylation sites (tertiary alicyclic amines) is 1. The SMILES string of the molecule is [2H]C([2H])([2H])N1C(=O)C2(CCN(CCOc3ccc4c(c3)CN(C)C4=O)CC2)c2cc(Cl)ccc21. The lowest BCUT2D eigenvalue weighted by Gasteiger charge is -2.38. The van der Waals surface area contributed by atoms with Crippen LogP contribution >= 0.6 is 11.6 Å². The van der Waals surface area contributed by atoms with E-state index in [9.17, 15) is 9.59 Å². The predicted octanol–water partition coefficient (Wildman–Crippen LogP) is 3.31. The third-order valence-corrected chi connectivity index (χ3v) is 7.01. The van der Waals surface area contributed by atoms with Crippen LogP contribution in [0.3, 0.4) is 0 Å². The molecule has 0 bridgehead atoms. The van der Waals surface area contributed by atoms with Gasteiger partial charge in [-0.15, -0.1) is 0 Å². The second-order valence-corrected chi connectivity index (χ2v) is 8.99. The molecule has 0 saturated carbocycles. The van der Waals surface area contributed by atoms with Gasteiger partial charge in [0.1, 0.15) is 12.4 Å². The van der Waals surface area contributed by atoms with E-state index in [-0.39, 0.29) is 11.8 Å². The summed E-state index contributed by atoms with van der Waals surface area (Å²) in [6.07, 6.45) is 1.05. The highest BCUT2D eigenvalue weighted by Gasteiger charge is 2.50. The average Bonchev–Trinajstić information content (AvgIpc) is 3.20. The molecule has 0 N–H and O–H groups in total. The highest BCUT2D eigenvalue weighted by Crippen LogP contribution is 2.48. The first-order chi connectivity index (χ1) is 16.1. The topological polar surface area (TPSA) is 53.1 Å². The van der Waals surface area contributed by atoms with E-state index in [1.54, 1.807) is 30.1 Å². The first kappa shape index (κ1) is 17.0. The summed E-state index contributed by atoms with van der Waals surface area (Å²) in [5, 5.41) is 0.497. The molecule has 0 atom stereocenters. The predicted molar refractivity (Wildman–Crippen MR) is 120 cm³/mol. The highest BCUT2D eigenvalue weighted by molar-refractivity contribution is 6.31. The van der Waals surface area contributed by atoms with Crippen molar-refractivity contribution < 1.29 is 18.4 Å². The molecule has 2 amide bonds. The summed E-state index contributed by atoms with van der Waals surface area (Å²) in [5.74, 6) is 0.404. The summed E-state index contributed by atoms with van der Waals surface area (Å²) in [5.41, 5.74) is 2.00. The Balaban J connectivity index is 1.23. The molecule has 0 aliphatic carbocycles. The molecule has 1 spiro atoms. The lowest BCUT2D eigenvalue weighted by molar-refractivity contribution is -0.124. The highest BCUT2D eigenvalue weighted by atomic mass is 35.5. The van der Waals surface area contributed by atoms with Gasteiger partial charge in [0.2, 0.25) is 5.91 Å². The van der Waals surface area contributed by atoms with Gasteiger partial charge >= 0.3 is 0 Å². The normalized spacial score (nSPS) is 21.7. The third kappa shape index (κ3) is 3.29. The van der Waals surface area contributed by atoms with Crippen molar-refractivity contribution in [3.8, 4) is 5.75 Å². The minimum absolute atomic E-state index is 0.0326. The van der Waals surface area contributed by atoms with E-state index in [0.717, 1.165) is 27.3 Å². The minimum Gasteiger partial charge on any atom is -0.492 e. The maximum absolute atomic E-state index is 13.4. The van der Waals surface area contributed by atoms with Crippen LogP contribution in [0.1, 0.15) is 38.4 Å². The zero-order chi connectivity index (χ0) is 24.3. The second-order valence-electron chi connectivity index (χ2n) is 8.55. The number of fused-ring (bicyclic) bond motifs is 3. The van der Waals surface area contributed by atoms with Crippen LogP contribution in [0.15, 0.2) is 36.4 Å². The van der Waals surface area contributed by atoms with Crippen LogP contribution in [-0.2, 0) is 16.8 Å². The largest absolute Gasteiger partial charge is 0.492 e. The maximum atomic E-state index is 13.4. The number of carbonyl (C=O) groups is 2. The van der Waals surface area contributed by atoms with Crippen molar-refractivity contribution in [1.29, 1.82) is 0 Å². The Kier molecular flexibility index (Phi) is 4.14. The molecule has 2 aromatic carbocycles. The van der Waals surface area contributed by atoms with E-state index in [4.69, 9.17) is 20.5 Å². The van der Waals surface area contributed by atoms with Crippen LogP contribution in [0.5, 0.6) is 5.75 Å². The number of hydrogen-bond donors (Lipinski definition) is 0. The molecule has 0 radical (unpaired) electrons. The number of amides is 2. The van der Waals surface area contributed by atoms with Crippen LogP contribution in [0, 0.1) is 0 Å². The smallest absolute Gasteiger partial charge is 0.254 e. The first-order valence-electron chi connectivity index (χ1n) is 12.0. The number of benzene rings is 2.